The van der Waals surface area contributed by atoms with Crippen molar-refractivity contribution in [3.05, 3.63) is 53.6 Å². The fourth-order valence-electron chi connectivity index (χ4n) is 3.37. The second-order valence-electron chi connectivity index (χ2n) is 7.33. The zero-order valence-electron chi connectivity index (χ0n) is 17.8. The number of nitrogens with one attached hydrogen (secondary N) is 1. The lowest BCUT2D eigenvalue weighted by Crippen LogP contribution is -2.10. The topological polar surface area (TPSA) is 98.5 Å². The number of nitrogens with zero attached hydrogens (tertiary/aromatic N) is 4. The fourth-order valence-corrected chi connectivity index (χ4v) is 4.69. The van der Waals surface area contributed by atoms with Crippen molar-refractivity contribution in [3.63, 3.8) is 0 Å². The molecule has 0 radical (unpaired) electrons. The molecule has 8 nitrogen and oxygen atoms in total. The number of aryl methyl sites for hydroxylation is 2. The first-order valence-corrected chi connectivity index (χ1v) is 11.7. The molecule has 9 heteroatoms. The largest absolute Gasteiger partial charge is 0.382 e. The van der Waals surface area contributed by atoms with E-state index in [1.165, 1.54) is 4.52 Å². The molecule has 0 aliphatic heterocycles. The van der Waals surface area contributed by atoms with E-state index in [4.69, 9.17) is 4.74 Å². The Kier molecular flexibility index (Phi) is 5.88. The Hall–Kier alpha value is -3.04. The van der Waals surface area contributed by atoms with E-state index < -0.39 is 9.84 Å². The Balaban J connectivity index is 1.81. The van der Waals surface area contributed by atoms with Crippen LogP contribution in [0.5, 0.6) is 0 Å². The minimum atomic E-state index is -3.88. The van der Waals surface area contributed by atoms with Crippen molar-refractivity contribution in [2.24, 2.45) is 0 Å². The Bertz CT molecular complexity index is 1350. The maximum atomic E-state index is 13.4. The van der Waals surface area contributed by atoms with Crippen LogP contribution in [-0.4, -0.2) is 48.0 Å². The normalized spacial score (nSPS) is 12.0. The average Bonchev–Trinajstić information content (AvgIpc) is 3.20. The predicted molar refractivity (Wildman–Crippen MR) is 119 cm³/mol. The van der Waals surface area contributed by atoms with Gasteiger partial charge in [-0.3, -0.25) is 0 Å². The van der Waals surface area contributed by atoms with Gasteiger partial charge in [0.15, 0.2) is 5.65 Å². The number of hydrogen-bond acceptors (Lipinski definition) is 7. The van der Waals surface area contributed by atoms with Crippen LogP contribution in [0.1, 0.15) is 24.5 Å². The van der Waals surface area contributed by atoms with E-state index >= 15 is 0 Å². The Labute approximate surface area is 181 Å². The van der Waals surface area contributed by atoms with E-state index in [0.29, 0.717) is 25.6 Å². The van der Waals surface area contributed by atoms with Crippen molar-refractivity contribution in [1.82, 2.24) is 19.8 Å². The first-order chi connectivity index (χ1) is 14.9. The maximum absolute atomic E-state index is 13.4. The number of sulfone groups is 1. The van der Waals surface area contributed by atoms with Gasteiger partial charge in [0.1, 0.15) is 5.82 Å². The van der Waals surface area contributed by atoms with E-state index in [0.717, 1.165) is 28.5 Å². The fraction of sp³-hybridized carbons (Fsp3) is 0.318. The summed E-state index contributed by atoms with van der Waals surface area (Å²) in [7, 11) is -3.88. The number of aromatic nitrogens is 4. The van der Waals surface area contributed by atoms with Crippen LogP contribution in [-0.2, 0) is 14.6 Å². The van der Waals surface area contributed by atoms with Crippen LogP contribution in [0.2, 0.25) is 0 Å². The minimum absolute atomic E-state index is 0.154. The molecule has 0 fully saturated rings. The highest BCUT2D eigenvalue weighted by molar-refractivity contribution is 7.91. The minimum Gasteiger partial charge on any atom is -0.382 e. The van der Waals surface area contributed by atoms with Crippen molar-refractivity contribution in [2.75, 3.05) is 25.1 Å². The van der Waals surface area contributed by atoms with E-state index in [9.17, 15) is 8.42 Å². The number of benzene rings is 2. The number of rotatable bonds is 8. The van der Waals surface area contributed by atoms with Crippen LogP contribution in [0.3, 0.4) is 0 Å². The van der Waals surface area contributed by atoms with Gasteiger partial charge >= 0.3 is 0 Å². The van der Waals surface area contributed by atoms with Gasteiger partial charge in [0, 0.05) is 25.1 Å². The number of para-hydroxylation sites is 1. The molecule has 0 unspecified atom stereocenters. The standard InChI is InChI=1S/C22H25N5O3S/c1-4-30-13-7-12-23-20-18-8-5-6-9-19(18)27-21(24-20)22(25-26-27)31(28,29)17-11-10-15(2)16(3)14-17/h5-6,8-11,14H,4,7,12-13H2,1-3H3,(H,23,24). The quantitative estimate of drug-likeness (QED) is 0.419. The molecule has 0 atom stereocenters. The zero-order chi connectivity index (χ0) is 22.0. The third kappa shape index (κ3) is 3.98. The Morgan fingerprint density at radius 2 is 1.90 bits per heavy atom. The Morgan fingerprint density at radius 1 is 1.10 bits per heavy atom. The van der Waals surface area contributed by atoms with Crippen molar-refractivity contribution >= 4 is 32.2 Å². The summed E-state index contributed by atoms with van der Waals surface area (Å²) in [6.07, 6.45) is 0.806. The molecule has 2 aromatic heterocycles. The van der Waals surface area contributed by atoms with E-state index in [-0.39, 0.29) is 15.6 Å². The van der Waals surface area contributed by atoms with Crippen LogP contribution < -0.4 is 5.32 Å². The molecule has 0 bridgehead atoms. The van der Waals surface area contributed by atoms with Crippen molar-refractivity contribution < 1.29 is 13.2 Å². The Morgan fingerprint density at radius 3 is 2.68 bits per heavy atom. The van der Waals surface area contributed by atoms with Gasteiger partial charge < -0.3 is 10.1 Å². The first kappa shape index (κ1) is 21.2. The first-order valence-electron chi connectivity index (χ1n) is 10.2. The second kappa shape index (κ2) is 8.60. The van der Waals surface area contributed by atoms with Gasteiger partial charge in [-0.05, 0) is 62.6 Å². The molecular weight excluding hydrogens is 414 g/mol. The maximum Gasteiger partial charge on any atom is 0.229 e. The molecule has 0 spiro atoms. The molecule has 162 valence electrons. The lowest BCUT2D eigenvalue weighted by atomic mass is 10.1. The molecule has 4 rings (SSSR count). The lowest BCUT2D eigenvalue weighted by molar-refractivity contribution is 0.147. The van der Waals surface area contributed by atoms with Crippen LogP contribution in [0, 0.1) is 13.8 Å². The predicted octanol–water partition coefficient (Wildman–Crippen LogP) is 3.57. The van der Waals surface area contributed by atoms with E-state index in [1.807, 2.05) is 45.0 Å². The van der Waals surface area contributed by atoms with Crippen molar-refractivity contribution in [1.29, 1.82) is 0 Å². The molecule has 0 amide bonds. The summed E-state index contributed by atoms with van der Waals surface area (Å²) in [5.74, 6) is 0.596. The summed E-state index contributed by atoms with van der Waals surface area (Å²) in [6.45, 7) is 7.75. The molecule has 0 saturated carbocycles. The summed E-state index contributed by atoms with van der Waals surface area (Å²) in [5, 5.41) is 12.1. The molecular formula is C22H25N5O3S. The molecule has 2 heterocycles. The summed E-state index contributed by atoms with van der Waals surface area (Å²) in [5.41, 5.74) is 2.85. The highest BCUT2D eigenvalue weighted by Crippen LogP contribution is 2.28. The van der Waals surface area contributed by atoms with Crippen molar-refractivity contribution in [3.8, 4) is 0 Å². The van der Waals surface area contributed by atoms with Gasteiger partial charge in [-0.15, -0.1) is 5.10 Å². The lowest BCUT2D eigenvalue weighted by Gasteiger charge is -2.11. The monoisotopic (exact) mass is 439 g/mol. The molecule has 1 N–H and O–H groups in total. The van der Waals surface area contributed by atoms with Crippen LogP contribution in [0.4, 0.5) is 5.82 Å². The summed E-state index contributed by atoms with van der Waals surface area (Å²) < 4.78 is 33.6. The van der Waals surface area contributed by atoms with Gasteiger partial charge in [0.25, 0.3) is 0 Å². The molecule has 0 aliphatic carbocycles. The summed E-state index contributed by atoms with van der Waals surface area (Å²) in [4.78, 5) is 4.80. The van der Waals surface area contributed by atoms with E-state index in [1.54, 1.807) is 18.2 Å². The highest BCUT2D eigenvalue weighted by Gasteiger charge is 2.27. The summed E-state index contributed by atoms with van der Waals surface area (Å²) >= 11 is 0. The third-order valence-electron chi connectivity index (χ3n) is 5.23. The van der Waals surface area contributed by atoms with Crippen LogP contribution in [0.25, 0.3) is 16.6 Å². The van der Waals surface area contributed by atoms with Crippen molar-refractivity contribution in [2.45, 2.75) is 37.1 Å². The molecule has 0 saturated heterocycles. The van der Waals surface area contributed by atoms with Crippen LogP contribution >= 0.6 is 0 Å². The van der Waals surface area contributed by atoms with Gasteiger partial charge in [0.05, 0.1) is 10.4 Å². The zero-order valence-corrected chi connectivity index (χ0v) is 18.6. The second-order valence-corrected chi connectivity index (χ2v) is 9.20. The average molecular weight is 440 g/mol. The van der Waals surface area contributed by atoms with Crippen LogP contribution in [0.15, 0.2) is 52.4 Å². The molecule has 31 heavy (non-hydrogen) atoms. The van der Waals surface area contributed by atoms with Gasteiger partial charge in [-0.1, -0.05) is 23.4 Å². The number of hydrogen-bond donors (Lipinski definition) is 1. The number of anilines is 1. The highest BCUT2D eigenvalue weighted by atomic mass is 32.2. The number of ether oxygens (including phenoxy) is 1. The molecule has 0 aliphatic rings. The van der Waals surface area contributed by atoms with Gasteiger partial charge in [0.2, 0.25) is 14.9 Å². The van der Waals surface area contributed by atoms with Gasteiger partial charge in [-0.2, -0.15) is 4.52 Å². The van der Waals surface area contributed by atoms with E-state index in [2.05, 4.69) is 20.6 Å². The van der Waals surface area contributed by atoms with Gasteiger partial charge in [-0.25, -0.2) is 13.4 Å². The third-order valence-corrected chi connectivity index (χ3v) is 6.88. The molecule has 2 aromatic carbocycles. The summed E-state index contributed by atoms with van der Waals surface area (Å²) in [6, 6.07) is 12.6. The smallest absolute Gasteiger partial charge is 0.229 e. The molecule has 4 aromatic rings. The number of fused-ring (bicyclic) bond motifs is 3. The SMILES string of the molecule is CCOCCCNc1nc2c(S(=O)(=O)c3ccc(C)c(C)c3)nnn2c2ccccc12.